The van der Waals surface area contributed by atoms with Gasteiger partial charge < -0.3 is 4.55 Å². The van der Waals surface area contributed by atoms with Gasteiger partial charge in [0, 0.05) is 10.6 Å². The van der Waals surface area contributed by atoms with Gasteiger partial charge in [-0.05, 0) is 80.5 Å². The van der Waals surface area contributed by atoms with E-state index < -0.39 is 17.6 Å². The number of rotatable bonds is 3. The normalized spacial score (nSPS) is 13.6. The lowest BCUT2D eigenvalue weighted by molar-refractivity contribution is 0.101. The van der Waals surface area contributed by atoms with E-state index in [1.165, 1.54) is 12.1 Å². The molecule has 0 saturated carbocycles. The monoisotopic (exact) mass is 469 g/mol. The lowest BCUT2D eigenvalue weighted by atomic mass is 10.1. The van der Waals surface area contributed by atoms with Crippen LogP contribution in [0.3, 0.4) is 0 Å². The highest BCUT2D eigenvalue weighted by Crippen LogP contribution is 2.34. The van der Waals surface area contributed by atoms with Gasteiger partial charge in [-0.3, -0.25) is 9.00 Å². The van der Waals surface area contributed by atoms with Crippen molar-refractivity contribution < 1.29 is 13.6 Å². The third-order valence-electron chi connectivity index (χ3n) is 1.58. The zero-order valence-electron chi connectivity index (χ0n) is 7.08. The molecule has 0 aliphatic carbocycles. The molecule has 0 saturated heterocycles. The van der Waals surface area contributed by atoms with Gasteiger partial charge in [0.15, 0.2) is 6.54 Å². The first-order valence-electron chi connectivity index (χ1n) is 3.63. The van der Waals surface area contributed by atoms with Gasteiger partial charge in [0.05, 0.1) is 0 Å². The van der Waals surface area contributed by atoms with Gasteiger partial charge in [0.25, 0.3) is 0 Å². The second-order valence-corrected chi connectivity index (χ2v) is 10.9. The summed E-state index contributed by atoms with van der Waals surface area (Å²) in [5.41, 5.74) is 0.326. The Balaban J connectivity index is 3.05. The van der Waals surface area contributed by atoms with Gasteiger partial charge in [-0.15, -0.1) is 0 Å². The quantitative estimate of drug-likeness (QED) is 0.296. The van der Waals surface area contributed by atoms with Gasteiger partial charge >= 0.3 is 0 Å². The molecule has 0 radical (unpaired) electrons. The van der Waals surface area contributed by atoms with Crippen LogP contribution in [-0.2, 0) is 11.1 Å². The van der Waals surface area contributed by atoms with Crippen LogP contribution in [0.1, 0.15) is 10.4 Å². The topological polar surface area (TPSA) is 57.2 Å². The van der Waals surface area contributed by atoms with Gasteiger partial charge in [0.1, 0.15) is 0 Å². The summed E-state index contributed by atoms with van der Waals surface area (Å²) in [5.74, 6) is -0.464. The molecule has 82 valence electrons. The molecule has 1 unspecified atom stereocenters. The van der Waals surface area contributed by atoms with Crippen molar-refractivity contribution in [3.05, 3.63) is 34.9 Å². The molecular formula is C8H4ClI2O3S-. The maximum atomic E-state index is 11.8. The Hall–Kier alpha value is 0.750. The number of alkyl halides is 2. The molecule has 0 aliphatic heterocycles. The fourth-order valence-electron chi connectivity index (χ4n) is 0.845. The summed E-state index contributed by atoms with van der Waals surface area (Å²) in [6.07, 6.45) is 0. The van der Waals surface area contributed by atoms with Crippen LogP contribution in [0.5, 0.6) is 0 Å². The third kappa shape index (κ3) is 3.35. The molecule has 0 aromatic heterocycles. The van der Waals surface area contributed by atoms with Crippen molar-refractivity contribution in [3.63, 3.8) is 0 Å². The molecule has 0 heterocycles. The van der Waals surface area contributed by atoms with Crippen LogP contribution in [0.25, 0.3) is 0 Å². The number of hydrogen-bond acceptors (Lipinski definition) is 3. The molecule has 0 spiro atoms. The van der Waals surface area contributed by atoms with Crippen molar-refractivity contribution >= 4 is 73.6 Å². The first kappa shape index (κ1) is 13.8. The van der Waals surface area contributed by atoms with Crippen molar-refractivity contribution in [2.75, 3.05) is 0 Å². The Kier molecular flexibility index (Phi) is 4.96. The summed E-state index contributed by atoms with van der Waals surface area (Å²) >= 11 is 6.38. The standard InChI is InChI=1S/C8H5ClI2O3S/c9-6-3-1-5(2-4-6)7(12)8(10,11)15(13)14/h1-4H,(H,13,14)/p-1. The van der Waals surface area contributed by atoms with E-state index in [-0.39, 0.29) is 0 Å². The number of halogens is 3. The molecule has 0 N–H and O–H groups in total. The smallest absolute Gasteiger partial charge is 0.200 e. The number of Topliss-reactive ketones (excluding diaryl/α,β-unsaturated/α-hetero) is 1. The highest BCUT2D eigenvalue weighted by atomic mass is 127. The first-order chi connectivity index (χ1) is 6.85. The maximum Gasteiger partial charge on any atom is 0.200 e. The Morgan fingerprint density at radius 2 is 1.80 bits per heavy atom. The van der Waals surface area contributed by atoms with Crippen LogP contribution in [0.2, 0.25) is 5.02 Å². The Labute approximate surface area is 122 Å². The van der Waals surface area contributed by atoms with Crippen LogP contribution in [0, 0.1) is 0 Å². The van der Waals surface area contributed by atoms with Crippen molar-refractivity contribution in [2.45, 2.75) is 0.760 Å². The largest absolute Gasteiger partial charge is 0.770 e. The minimum absolute atomic E-state index is 0.326. The average Bonchev–Trinajstić information content (AvgIpc) is 2.17. The fourth-order valence-corrected chi connectivity index (χ4v) is 1.86. The molecule has 1 aromatic rings. The fraction of sp³-hybridized carbons (Fsp3) is 0.125. The zero-order chi connectivity index (χ0) is 11.6. The van der Waals surface area contributed by atoms with Crippen molar-refractivity contribution in [2.24, 2.45) is 0 Å². The number of benzene rings is 1. The van der Waals surface area contributed by atoms with E-state index >= 15 is 0 Å². The summed E-state index contributed by atoms with van der Waals surface area (Å²) in [5, 5.41) is 0.502. The summed E-state index contributed by atoms with van der Waals surface area (Å²) < 4.78 is 20.2. The van der Waals surface area contributed by atoms with Gasteiger partial charge in [-0.25, -0.2) is 0 Å². The second-order valence-electron chi connectivity index (χ2n) is 2.59. The summed E-state index contributed by atoms with van der Waals surface area (Å²) in [6, 6.07) is 6.10. The van der Waals surface area contributed by atoms with E-state index in [1.54, 1.807) is 57.3 Å². The number of carbonyl (C=O) groups excluding carboxylic acids is 1. The third-order valence-corrected chi connectivity index (χ3v) is 5.57. The summed E-state index contributed by atoms with van der Waals surface area (Å²) in [7, 11) is 0. The number of ketones is 1. The van der Waals surface area contributed by atoms with Crippen LogP contribution in [0.4, 0.5) is 0 Å². The van der Waals surface area contributed by atoms with Gasteiger partial charge in [0.2, 0.25) is 0 Å². The van der Waals surface area contributed by atoms with E-state index in [9.17, 15) is 13.6 Å². The van der Waals surface area contributed by atoms with Crippen LogP contribution in [0.15, 0.2) is 24.3 Å². The highest BCUT2D eigenvalue weighted by Gasteiger charge is 2.34. The minimum atomic E-state index is -2.47. The molecule has 15 heavy (non-hydrogen) atoms. The molecule has 0 aliphatic rings. The van der Waals surface area contributed by atoms with Gasteiger partial charge in [-0.1, -0.05) is 11.6 Å². The lowest BCUT2D eigenvalue weighted by Gasteiger charge is -2.21. The van der Waals surface area contributed by atoms with Crippen LogP contribution in [-0.4, -0.2) is 15.3 Å². The maximum absolute atomic E-state index is 11.8. The van der Waals surface area contributed by atoms with E-state index in [0.717, 1.165) is 0 Å². The molecule has 1 rings (SSSR count). The molecule has 7 heteroatoms. The predicted molar refractivity (Wildman–Crippen MR) is 75.5 cm³/mol. The molecule has 1 aromatic carbocycles. The van der Waals surface area contributed by atoms with E-state index in [0.29, 0.717) is 10.6 Å². The summed E-state index contributed by atoms with van der Waals surface area (Å²) in [4.78, 5) is 11.8. The van der Waals surface area contributed by atoms with E-state index in [1.807, 2.05) is 0 Å². The second kappa shape index (κ2) is 5.39. The Morgan fingerprint density at radius 3 is 2.20 bits per heavy atom. The zero-order valence-corrected chi connectivity index (χ0v) is 13.0. The van der Waals surface area contributed by atoms with Crippen molar-refractivity contribution in [3.8, 4) is 0 Å². The summed E-state index contributed by atoms with van der Waals surface area (Å²) in [6.45, 7) is 0. The van der Waals surface area contributed by atoms with Gasteiger partial charge in [-0.2, -0.15) is 0 Å². The molecule has 0 fully saturated rings. The molecule has 0 amide bonds. The minimum Gasteiger partial charge on any atom is -0.770 e. The number of carbonyl (C=O) groups is 1. The Bertz CT molecular complexity index is 405. The number of hydrogen-bond donors (Lipinski definition) is 0. The van der Waals surface area contributed by atoms with Crippen LogP contribution >= 0.6 is 56.8 Å². The lowest BCUT2D eigenvalue weighted by Crippen LogP contribution is -2.29. The van der Waals surface area contributed by atoms with E-state index in [2.05, 4.69) is 0 Å². The Morgan fingerprint density at radius 1 is 1.33 bits per heavy atom. The van der Waals surface area contributed by atoms with Crippen molar-refractivity contribution in [1.29, 1.82) is 0 Å². The first-order valence-corrected chi connectivity index (χ1v) is 7.24. The molecule has 1 atom stereocenters. The molecule has 0 bridgehead atoms. The molecular weight excluding hydrogens is 465 g/mol. The van der Waals surface area contributed by atoms with E-state index in [4.69, 9.17) is 11.6 Å². The van der Waals surface area contributed by atoms with Crippen LogP contribution < -0.4 is 0 Å². The molecule has 3 nitrogen and oxygen atoms in total. The van der Waals surface area contributed by atoms with Crippen molar-refractivity contribution in [1.82, 2.24) is 0 Å². The average molecular weight is 469 g/mol. The SMILES string of the molecule is O=C(c1ccc(Cl)cc1)C(I)(I)S(=O)[O-]. The highest BCUT2D eigenvalue weighted by molar-refractivity contribution is 14.2. The predicted octanol–water partition coefficient (Wildman–Crippen LogP) is 2.93.